The Labute approximate surface area is 151 Å². The molecule has 0 spiro atoms. The zero-order valence-electron chi connectivity index (χ0n) is 14.6. The molecule has 0 bridgehead atoms. The van der Waals surface area contributed by atoms with Crippen molar-refractivity contribution in [3.63, 3.8) is 0 Å². The Balaban J connectivity index is 0.00000529. The molecule has 24 heavy (non-hydrogen) atoms. The third-order valence-corrected chi connectivity index (χ3v) is 5.15. The lowest BCUT2D eigenvalue weighted by molar-refractivity contribution is 0.00548. The number of rotatable bonds is 10. The SMILES string of the molecule is CCC(CCN(C)C)C(CS(=O)(=O)ON=C=N)N1CCOCC1.Cl. The van der Waals surface area contributed by atoms with Crippen molar-refractivity contribution in [1.82, 2.24) is 9.80 Å². The predicted molar refractivity (Wildman–Crippen MR) is 95.4 cm³/mol. The first-order valence-electron chi connectivity index (χ1n) is 7.89. The molecule has 0 aromatic rings. The van der Waals surface area contributed by atoms with Gasteiger partial charge in [-0.05, 0) is 33.0 Å². The van der Waals surface area contributed by atoms with Gasteiger partial charge in [0.2, 0.25) is 0 Å². The van der Waals surface area contributed by atoms with Gasteiger partial charge in [0.15, 0.2) is 0 Å². The number of morpholine rings is 1. The summed E-state index contributed by atoms with van der Waals surface area (Å²) in [4.78, 5) is 4.27. The van der Waals surface area contributed by atoms with Crippen LogP contribution in [-0.2, 0) is 19.1 Å². The van der Waals surface area contributed by atoms with Gasteiger partial charge in [0.1, 0.15) is 11.8 Å². The number of nitrogens with one attached hydrogen (secondary N) is 1. The highest BCUT2D eigenvalue weighted by atomic mass is 35.5. The fraction of sp³-hybridized carbons (Fsp3) is 0.929. The van der Waals surface area contributed by atoms with Crippen LogP contribution in [0.4, 0.5) is 0 Å². The normalized spacial score (nSPS) is 18.3. The van der Waals surface area contributed by atoms with Crippen molar-refractivity contribution in [1.29, 1.82) is 5.41 Å². The second kappa shape index (κ2) is 11.8. The summed E-state index contributed by atoms with van der Waals surface area (Å²) in [6.07, 6.45) is 1.80. The first-order chi connectivity index (χ1) is 10.9. The third kappa shape index (κ3) is 8.41. The van der Waals surface area contributed by atoms with Crippen molar-refractivity contribution in [2.45, 2.75) is 25.8 Å². The Bertz CT molecular complexity index is 491. The van der Waals surface area contributed by atoms with E-state index in [1.807, 2.05) is 14.1 Å². The van der Waals surface area contributed by atoms with Crippen LogP contribution in [0.3, 0.4) is 0 Å². The average molecular weight is 385 g/mol. The van der Waals surface area contributed by atoms with Gasteiger partial charge < -0.3 is 9.64 Å². The molecule has 1 N–H and O–H groups in total. The van der Waals surface area contributed by atoms with E-state index in [-0.39, 0.29) is 30.1 Å². The van der Waals surface area contributed by atoms with E-state index < -0.39 is 10.1 Å². The molecule has 1 heterocycles. The highest BCUT2D eigenvalue weighted by Gasteiger charge is 2.33. The molecule has 142 valence electrons. The largest absolute Gasteiger partial charge is 0.379 e. The second-order valence-electron chi connectivity index (χ2n) is 5.98. The van der Waals surface area contributed by atoms with Gasteiger partial charge in [-0.3, -0.25) is 9.18 Å². The van der Waals surface area contributed by atoms with E-state index in [2.05, 4.69) is 26.2 Å². The van der Waals surface area contributed by atoms with Crippen molar-refractivity contribution in [3.8, 4) is 0 Å². The molecule has 1 saturated heterocycles. The number of hydrogen-bond donors (Lipinski definition) is 1. The van der Waals surface area contributed by atoms with Gasteiger partial charge in [0.25, 0.3) is 0 Å². The molecule has 10 heteroatoms. The zero-order valence-corrected chi connectivity index (χ0v) is 16.2. The van der Waals surface area contributed by atoms with Gasteiger partial charge in [-0.25, -0.2) is 5.41 Å². The molecule has 1 fully saturated rings. The van der Waals surface area contributed by atoms with E-state index in [9.17, 15) is 8.42 Å². The molecule has 0 radical (unpaired) electrons. The molecule has 1 aliphatic rings. The Morgan fingerprint density at radius 2 is 2.00 bits per heavy atom. The van der Waals surface area contributed by atoms with Crippen LogP contribution < -0.4 is 0 Å². The highest BCUT2D eigenvalue weighted by molar-refractivity contribution is 7.86. The van der Waals surface area contributed by atoms with Gasteiger partial charge >= 0.3 is 10.1 Å². The molecule has 1 aliphatic heterocycles. The van der Waals surface area contributed by atoms with Crippen molar-refractivity contribution >= 4 is 28.5 Å². The molecule has 0 aromatic carbocycles. The number of ether oxygens (including phenoxy) is 1. The van der Waals surface area contributed by atoms with E-state index in [0.717, 1.165) is 19.4 Å². The maximum absolute atomic E-state index is 12.1. The van der Waals surface area contributed by atoms with Crippen molar-refractivity contribution in [2.24, 2.45) is 11.1 Å². The fourth-order valence-electron chi connectivity index (χ4n) is 2.86. The Morgan fingerprint density at radius 1 is 1.38 bits per heavy atom. The van der Waals surface area contributed by atoms with Crippen LogP contribution in [-0.4, -0.2) is 83.0 Å². The summed E-state index contributed by atoms with van der Waals surface area (Å²) in [6.45, 7) is 5.63. The van der Waals surface area contributed by atoms with E-state index in [4.69, 9.17) is 10.1 Å². The summed E-state index contributed by atoms with van der Waals surface area (Å²) < 4.78 is 34.0. The minimum Gasteiger partial charge on any atom is -0.379 e. The van der Waals surface area contributed by atoms with Gasteiger partial charge in [-0.15, -0.1) is 12.4 Å². The van der Waals surface area contributed by atoms with Crippen molar-refractivity contribution < 1.29 is 17.4 Å². The molecule has 0 amide bonds. The standard InChI is InChI=1S/C14H28N4O4S.ClH/c1-4-13(5-6-17(2)3)14(18-7-9-21-10-8-18)11-23(19,20)22-16-12-15;/h13-15H,4-11H2,1-3H3;1H. The molecule has 2 unspecified atom stereocenters. The van der Waals surface area contributed by atoms with Crippen LogP contribution in [0.5, 0.6) is 0 Å². The Hall–Kier alpha value is -0.700. The van der Waals surface area contributed by atoms with Gasteiger partial charge in [0, 0.05) is 24.3 Å². The third-order valence-electron chi connectivity index (χ3n) is 4.10. The smallest absolute Gasteiger partial charge is 0.331 e. The van der Waals surface area contributed by atoms with E-state index in [1.54, 1.807) is 6.01 Å². The second-order valence-corrected chi connectivity index (χ2v) is 7.58. The lowest BCUT2D eigenvalue weighted by Crippen LogP contribution is -2.50. The minimum absolute atomic E-state index is 0. The lowest BCUT2D eigenvalue weighted by atomic mass is 9.92. The molecular formula is C14H29ClN4O4S. The molecular weight excluding hydrogens is 356 g/mol. The summed E-state index contributed by atoms with van der Waals surface area (Å²) >= 11 is 0. The van der Waals surface area contributed by atoms with Crippen LogP contribution in [0.2, 0.25) is 0 Å². The first-order valence-corrected chi connectivity index (χ1v) is 9.47. The number of hydrogen-bond acceptors (Lipinski definition) is 8. The van der Waals surface area contributed by atoms with Crippen LogP contribution in [0.1, 0.15) is 19.8 Å². The summed E-state index contributed by atoms with van der Waals surface area (Å²) in [6, 6.07) is 1.45. The van der Waals surface area contributed by atoms with Crippen molar-refractivity contribution in [2.75, 3.05) is 52.7 Å². The predicted octanol–water partition coefficient (Wildman–Crippen LogP) is 1.10. The van der Waals surface area contributed by atoms with Gasteiger partial charge in [0.05, 0.1) is 13.2 Å². The van der Waals surface area contributed by atoms with Crippen LogP contribution >= 0.6 is 12.4 Å². The minimum atomic E-state index is -3.83. The molecule has 8 nitrogen and oxygen atoms in total. The molecule has 0 aliphatic carbocycles. The van der Waals surface area contributed by atoms with Crippen molar-refractivity contribution in [3.05, 3.63) is 0 Å². The van der Waals surface area contributed by atoms with Crippen LogP contribution in [0.25, 0.3) is 0 Å². The molecule has 0 aromatic heterocycles. The fourth-order valence-corrected chi connectivity index (χ4v) is 3.97. The maximum atomic E-state index is 12.1. The molecule has 0 saturated carbocycles. The number of halogens is 1. The quantitative estimate of drug-likeness (QED) is 0.447. The lowest BCUT2D eigenvalue weighted by Gasteiger charge is -2.38. The topological polar surface area (TPSA) is 95.3 Å². The zero-order chi connectivity index (χ0) is 17.3. The Morgan fingerprint density at radius 3 is 2.50 bits per heavy atom. The molecule has 2 atom stereocenters. The highest BCUT2D eigenvalue weighted by Crippen LogP contribution is 2.22. The summed E-state index contributed by atoms with van der Waals surface area (Å²) in [5.74, 6) is 0.0993. The van der Waals surface area contributed by atoms with Gasteiger partial charge in [-0.2, -0.15) is 8.42 Å². The van der Waals surface area contributed by atoms with E-state index in [0.29, 0.717) is 26.3 Å². The van der Waals surface area contributed by atoms with Crippen LogP contribution in [0.15, 0.2) is 5.16 Å². The summed E-state index contributed by atoms with van der Waals surface area (Å²) in [5, 5.41) is 9.63. The summed E-state index contributed by atoms with van der Waals surface area (Å²) in [5.41, 5.74) is 0. The molecule has 1 rings (SSSR count). The first kappa shape index (κ1) is 23.3. The van der Waals surface area contributed by atoms with Gasteiger partial charge in [-0.1, -0.05) is 13.3 Å². The monoisotopic (exact) mass is 384 g/mol. The maximum Gasteiger partial charge on any atom is 0.331 e. The average Bonchev–Trinajstić information content (AvgIpc) is 2.53. The Kier molecular flexibility index (Phi) is 11.4. The van der Waals surface area contributed by atoms with E-state index >= 15 is 0 Å². The summed E-state index contributed by atoms with van der Waals surface area (Å²) in [7, 11) is 0.187. The van der Waals surface area contributed by atoms with Crippen LogP contribution in [0, 0.1) is 11.3 Å². The van der Waals surface area contributed by atoms with E-state index in [1.165, 1.54) is 0 Å². The number of nitrogens with zero attached hydrogens (tertiary/aromatic N) is 3.